The Kier molecular flexibility index (Phi) is 6.86. The summed E-state index contributed by atoms with van der Waals surface area (Å²) in [5.41, 5.74) is 0.545. The molecule has 1 aliphatic carbocycles. The van der Waals surface area contributed by atoms with Crippen molar-refractivity contribution in [3.05, 3.63) is 29.8 Å². The highest BCUT2D eigenvalue weighted by Gasteiger charge is 2.45. The van der Waals surface area contributed by atoms with Crippen molar-refractivity contribution in [2.45, 2.75) is 78.4 Å². The Bertz CT molecular complexity index is 713. The van der Waals surface area contributed by atoms with Crippen molar-refractivity contribution in [1.82, 2.24) is 5.32 Å². The molecule has 0 radical (unpaired) electrons. The number of hydrogen-bond donors (Lipinski definition) is 2. The highest BCUT2D eigenvalue weighted by molar-refractivity contribution is 5.96. The molecular formula is C22H32N2O4. The zero-order valence-electron chi connectivity index (χ0n) is 17.6. The molecule has 154 valence electrons. The van der Waals surface area contributed by atoms with Gasteiger partial charge in [0.05, 0.1) is 5.41 Å². The van der Waals surface area contributed by atoms with E-state index in [0.29, 0.717) is 18.5 Å². The molecule has 6 nitrogen and oxygen atoms in total. The predicted octanol–water partition coefficient (Wildman–Crippen LogP) is 3.73. The SMILES string of the molecule is Cc1ccc(NC(=O)C(C)OC(=O)C2(CC(=O)NC(C)(C)C)CCCC2)cc1. The van der Waals surface area contributed by atoms with Gasteiger partial charge in [0, 0.05) is 17.6 Å². The summed E-state index contributed by atoms with van der Waals surface area (Å²) in [6.45, 7) is 9.23. The minimum Gasteiger partial charge on any atom is -0.452 e. The minimum absolute atomic E-state index is 0.0927. The molecule has 28 heavy (non-hydrogen) atoms. The number of carbonyl (C=O) groups is 3. The second-order valence-electron chi connectivity index (χ2n) is 8.87. The summed E-state index contributed by atoms with van der Waals surface area (Å²) in [7, 11) is 0. The number of esters is 1. The number of amides is 2. The van der Waals surface area contributed by atoms with Crippen molar-refractivity contribution in [2.75, 3.05) is 5.32 Å². The van der Waals surface area contributed by atoms with Crippen LogP contribution in [0.2, 0.25) is 0 Å². The van der Waals surface area contributed by atoms with E-state index >= 15 is 0 Å². The molecule has 0 saturated heterocycles. The topological polar surface area (TPSA) is 84.5 Å². The largest absolute Gasteiger partial charge is 0.452 e. The predicted molar refractivity (Wildman–Crippen MR) is 109 cm³/mol. The van der Waals surface area contributed by atoms with Crippen LogP contribution in [-0.2, 0) is 19.1 Å². The number of nitrogens with one attached hydrogen (secondary N) is 2. The molecule has 0 spiro atoms. The first kappa shape index (κ1) is 21.9. The highest BCUT2D eigenvalue weighted by atomic mass is 16.5. The second-order valence-corrected chi connectivity index (χ2v) is 8.87. The molecule has 1 fully saturated rings. The lowest BCUT2D eigenvalue weighted by Gasteiger charge is -2.29. The number of hydrogen-bond acceptors (Lipinski definition) is 4. The first-order valence-electron chi connectivity index (χ1n) is 9.90. The van der Waals surface area contributed by atoms with E-state index in [0.717, 1.165) is 18.4 Å². The van der Waals surface area contributed by atoms with Gasteiger partial charge < -0.3 is 15.4 Å². The Labute approximate surface area is 167 Å². The van der Waals surface area contributed by atoms with Gasteiger partial charge in [0.1, 0.15) is 0 Å². The summed E-state index contributed by atoms with van der Waals surface area (Å²) >= 11 is 0. The van der Waals surface area contributed by atoms with Crippen LogP contribution in [0.15, 0.2) is 24.3 Å². The summed E-state index contributed by atoms with van der Waals surface area (Å²) < 4.78 is 5.50. The van der Waals surface area contributed by atoms with Crippen LogP contribution in [0, 0.1) is 12.3 Å². The van der Waals surface area contributed by atoms with Gasteiger partial charge in [-0.15, -0.1) is 0 Å². The van der Waals surface area contributed by atoms with Gasteiger partial charge in [-0.25, -0.2) is 0 Å². The molecular weight excluding hydrogens is 356 g/mol. The van der Waals surface area contributed by atoms with Crippen LogP contribution in [0.25, 0.3) is 0 Å². The molecule has 1 aliphatic rings. The number of aryl methyl sites for hydroxylation is 1. The van der Waals surface area contributed by atoms with Crippen LogP contribution >= 0.6 is 0 Å². The van der Waals surface area contributed by atoms with Crippen LogP contribution in [0.4, 0.5) is 5.69 Å². The third kappa shape index (κ3) is 6.08. The Balaban J connectivity index is 1.99. The van der Waals surface area contributed by atoms with Crippen LogP contribution < -0.4 is 10.6 Å². The highest BCUT2D eigenvalue weighted by Crippen LogP contribution is 2.42. The van der Waals surface area contributed by atoms with Crippen LogP contribution in [0.3, 0.4) is 0 Å². The molecule has 0 aliphatic heterocycles. The maximum atomic E-state index is 12.9. The fourth-order valence-corrected chi connectivity index (χ4v) is 3.49. The first-order valence-corrected chi connectivity index (χ1v) is 9.90. The van der Waals surface area contributed by atoms with Crippen molar-refractivity contribution in [2.24, 2.45) is 5.41 Å². The lowest BCUT2D eigenvalue weighted by molar-refractivity contribution is -0.165. The van der Waals surface area contributed by atoms with Gasteiger partial charge in [-0.3, -0.25) is 14.4 Å². The van der Waals surface area contributed by atoms with Crippen LogP contribution in [-0.4, -0.2) is 29.4 Å². The van der Waals surface area contributed by atoms with Crippen molar-refractivity contribution < 1.29 is 19.1 Å². The van der Waals surface area contributed by atoms with E-state index < -0.39 is 17.5 Å². The van der Waals surface area contributed by atoms with E-state index in [2.05, 4.69) is 10.6 Å². The van der Waals surface area contributed by atoms with E-state index in [1.54, 1.807) is 19.1 Å². The Morgan fingerprint density at radius 1 is 1.11 bits per heavy atom. The standard InChI is InChI=1S/C22H32N2O4/c1-15-8-10-17(11-9-15)23-19(26)16(2)28-20(27)22(12-6-7-13-22)14-18(25)24-21(3,4)5/h8-11,16H,6-7,12-14H2,1-5H3,(H,23,26)(H,24,25). The van der Waals surface area contributed by atoms with Gasteiger partial charge in [-0.2, -0.15) is 0 Å². The number of carbonyl (C=O) groups excluding carboxylic acids is 3. The van der Waals surface area contributed by atoms with Gasteiger partial charge in [0.15, 0.2) is 6.10 Å². The Morgan fingerprint density at radius 2 is 1.68 bits per heavy atom. The molecule has 6 heteroatoms. The molecule has 1 aromatic rings. The molecule has 0 aromatic heterocycles. The van der Waals surface area contributed by atoms with E-state index in [9.17, 15) is 14.4 Å². The number of rotatable bonds is 6. The summed E-state index contributed by atoms with van der Waals surface area (Å²) in [5.74, 6) is -1.01. The van der Waals surface area contributed by atoms with Crippen LogP contribution in [0.1, 0.15) is 65.4 Å². The molecule has 1 atom stereocenters. The Hall–Kier alpha value is -2.37. The van der Waals surface area contributed by atoms with Gasteiger partial charge in [-0.1, -0.05) is 30.5 Å². The monoisotopic (exact) mass is 388 g/mol. The third-order valence-corrected chi connectivity index (χ3v) is 4.98. The molecule has 1 unspecified atom stereocenters. The summed E-state index contributed by atoms with van der Waals surface area (Å²) in [5, 5.41) is 5.67. The molecule has 2 amide bonds. The van der Waals surface area contributed by atoms with E-state index in [-0.39, 0.29) is 23.8 Å². The molecule has 1 saturated carbocycles. The lowest BCUT2D eigenvalue weighted by Crippen LogP contribution is -2.45. The molecule has 2 N–H and O–H groups in total. The van der Waals surface area contributed by atoms with Crippen molar-refractivity contribution >= 4 is 23.5 Å². The maximum absolute atomic E-state index is 12.9. The van der Waals surface area contributed by atoms with Gasteiger partial charge in [0.25, 0.3) is 5.91 Å². The lowest BCUT2D eigenvalue weighted by atomic mass is 9.82. The summed E-state index contributed by atoms with van der Waals surface area (Å²) in [4.78, 5) is 37.7. The van der Waals surface area contributed by atoms with E-state index in [1.165, 1.54) is 0 Å². The Morgan fingerprint density at radius 3 is 2.21 bits per heavy atom. The smallest absolute Gasteiger partial charge is 0.313 e. The van der Waals surface area contributed by atoms with Crippen LogP contribution in [0.5, 0.6) is 0 Å². The van der Waals surface area contributed by atoms with E-state index in [4.69, 9.17) is 4.74 Å². The fraction of sp³-hybridized carbons (Fsp3) is 0.591. The van der Waals surface area contributed by atoms with Crippen molar-refractivity contribution in [1.29, 1.82) is 0 Å². The number of benzene rings is 1. The molecule has 2 rings (SSSR count). The van der Waals surface area contributed by atoms with Gasteiger partial charge in [-0.05, 0) is 59.6 Å². The van der Waals surface area contributed by atoms with E-state index in [1.807, 2.05) is 39.8 Å². The zero-order valence-corrected chi connectivity index (χ0v) is 17.6. The maximum Gasteiger partial charge on any atom is 0.313 e. The molecule has 0 heterocycles. The summed E-state index contributed by atoms with van der Waals surface area (Å²) in [6, 6.07) is 7.40. The molecule has 0 bridgehead atoms. The van der Waals surface area contributed by atoms with Gasteiger partial charge >= 0.3 is 5.97 Å². The normalized spacial score (nSPS) is 16.9. The average Bonchev–Trinajstić information content (AvgIpc) is 3.04. The second kappa shape index (κ2) is 8.76. The first-order chi connectivity index (χ1) is 13.0. The molecule has 1 aromatic carbocycles. The summed E-state index contributed by atoms with van der Waals surface area (Å²) in [6.07, 6.45) is 2.13. The number of anilines is 1. The van der Waals surface area contributed by atoms with Crippen molar-refractivity contribution in [3.8, 4) is 0 Å². The quantitative estimate of drug-likeness (QED) is 0.727. The third-order valence-electron chi connectivity index (χ3n) is 4.98. The number of ether oxygens (including phenoxy) is 1. The average molecular weight is 389 g/mol. The fourth-order valence-electron chi connectivity index (χ4n) is 3.49. The van der Waals surface area contributed by atoms with Crippen molar-refractivity contribution in [3.63, 3.8) is 0 Å². The zero-order chi connectivity index (χ0) is 20.9. The minimum atomic E-state index is -0.933. The van der Waals surface area contributed by atoms with Gasteiger partial charge in [0.2, 0.25) is 5.91 Å².